The maximum atomic E-state index is 11.2. The molecule has 0 atom stereocenters. The minimum Gasteiger partial charge on any atom is -0.282 e. The zero-order chi connectivity index (χ0) is 11.9. The average molecular weight is 278 g/mol. The number of rotatable bonds is 1. The standard InChI is InChI=1S/C9H5Cl2NO3S/c10-6-4-7(11)9(16(13,14)15)8-5(6)2-1-3-12-8/h1-4H,(H,13,14,15). The molecule has 0 aliphatic heterocycles. The van der Waals surface area contributed by atoms with Crippen LogP contribution in [0.1, 0.15) is 0 Å². The summed E-state index contributed by atoms with van der Waals surface area (Å²) < 4.78 is 31.4. The second-order valence-electron chi connectivity index (χ2n) is 3.04. The highest BCUT2D eigenvalue weighted by atomic mass is 35.5. The predicted octanol–water partition coefficient (Wildman–Crippen LogP) is 2.79. The summed E-state index contributed by atoms with van der Waals surface area (Å²) in [5.74, 6) is 0. The third-order valence-corrected chi connectivity index (χ3v) is 3.66. The van der Waals surface area contributed by atoms with E-state index in [1.165, 1.54) is 12.3 Å². The fourth-order valence-electron chi connectivity index (χ4n) is 1.39. The van der Waals surface area contributed by atoms with Crippen LogP contribution in [0.4, 0.5) is 0 Å². The molecule has 0 aliphatic carbocycles. The van der Waals surface area contributed by atoms with Gasteiger partial charge in [-0.3, -0.25) is 9.54 Å². The zero-order valence-electron chi connectivity index (χ0n) is 7.68. The molecule has 4 nitrogen and oxygen atoms in total. The van der Waals surface area contributed by atoms with Gasteiger partial charge < -0.3 is 0 Å². The van der Waals surface area contributed by atoms with Crippen LogP contribution < -0.4 is 0 Å². The summed E-state index contributed by atoms with van der Waals surface area (Å²) >= 11 is 11.6. The summed E-state index contributed by atoms with van der Waals surface area (Å²) in [4.78, 5) is 3.44. The number of hydrogen-bond donors (Lipinski definition) is 1. The van der Waals surface area contributed by atoms with Gasteiger partial charge in [0.2, 0.25) is 0 Å². The van der Waals surface area contributed by atoms with Gasteiger partial charge in [-0.15, -0.1) is 0 Å². The summed E-state index contributed by atoms with van der Waals surface area (Å²) in [5, 5.41) is 0.542. The molecule has 1 aromatic heterocycles. The Morgan fingerprint density at radius 1 is 1.25 bits per heavy atom. The largest absolute Gasteiger partial charge is 0.298 e. The Labute approximate surface area is 102 Å². The van der Waals surface area contributed by atoms with Gasteiger partial charge >= 0.3 is 0 Å². The molecule has 0 saturated carbocycles. The smallest absolute Gasteiger partial charge is 0.282 e. The Morgan fingerprint density at radius 3 is 2.56 bits per heavy atom. The van der Waals surface area contributed by atoms with Gasteiger partial charge in [0.05, 0.1) is 15.6 Å². The second kappa shape index (κ2) is 3.85. The molecule has 0 radical (unpaired) electrons. The molecule has 16 heavy (non-hydrogen) atoms. The monoisotopic (exact) mass is 277 g/mol. The van der Waals surface area contributed by atoms with Crippen LogP contribution in [0.25, 0.3) is 10.9 Å². The number of aromatic nitrogens is 1. The SMILES string of the molecule is O=S(=O)(O)c1c(Cl)cc(Cl)c2cccnc12. The van der Waals surface area contributed by atoms with Crippen molar-refractivity contribution in [2.45, 2.75) is 4.90 Å². The van der Waals surface area contributed by atoms with Crippen molar-refractivity contribution in [3.63, 3.8) is 0 Å². The van der Waals surface area contributed by atoms with Gasteiger partial charge in [-0.2, -0.15) is 8.42 Å². The highest BCUT2D eigenvalue weighted by Crippen LogP contribution is 2.33. The first-order valence-electron chi connectivity index (χ1n) is 4.11. The molecule has 1 aromatic carbocycles. The Bertz CT molecular complexity index is 670. The number of fused-ring (bicyclic) bond motifs is 1. The van der Waals surface area contributed by atoms with Crippen molar-refractivity contribution in [3.8, 4) is 0 Å². The summed E-state index contributed by atoms with van der Waals surface area (Å²) in [6.07, 6.45) is 1.39. The first-order valence-corrected chi connectivity index (χ1v) is 6.31. The van der Waals surface area contributed by atoms with E-state index < -0.39 is 15.0 Å². The number of hydrogen-bond acceptors (Lipinski definition) is 3. The minimum absolute atomic E-state index is 0.0579. The van der Waals surface area contributed by atoms with E-state index in [-0.39, 0.29) is 15.6 Å². The van der Waals surface area contributed by atoms with Gasteiger partial charge in [0.25, 0.3) is 10.1 Å². The van der Waals surface area contributed by atoms with E-state index in [9.17, 15) is 8.42 Å². The van der Waals surface area contributed by atoms with Crippen molar-refractivity contribution in [1.82, 2.24) is 4.98 Å². The quantitative estimate of drug-likeness (QED) is 0.814. The third kappa shape index (κ3) is 1.87. The molecule has 0 amide bonds. The van der Waals surface area contributed by atoms with E-state index in [2.05, 4.69) is 4.98 Å². The van der Waals surface area contributed by atoms with Gasteiger partial charge in [0.15, 0.2) is 0 Å². The molecule has 0 saturated heterocycles. The van der Waals surface area contributed by atoms with Crippen LogP contribution in [0.3, 0.4) is 0 Å². The minimum atomic E-state index is -4.43. The first-order chi connectivity index (χ1) is 7.41. The molecule has 2 rings (SSSR count). The molecular weight excluding hydrogens is 273 g/mol. The molecule has 0 spiro atoms. The van der Waals surface area contributed by atoms with E-state index in [1.54, 1.807) is 12.1 Å². The van der Waals surface area contributed by atoms with E-state index in [0.29, 0.717) is 5.39 Å². The topological polar surface area (TPSA) is 67.3 Å². The van der Waals surface area contributed by atoms with Crippen LogP contribution in [0.15, 0.2) is 29.3 Å². The van der Waals surface area contributed by atoms with Crippen LogP contribution in [-0.4, -0.2) is 18.0 Å². The third-order valence-electron chi connectivity index (χ3n) is 2.01. The molecule has 84 valence electrons. The van der Waals surface area contributed by atoms with Crippen molar-refractivity contribution in [1.29, 1.82) is 0 Å². The predicted molar refractivity (Wildman–Crippen MR) is 61.6 cm³/mol. The van der Waals surface area contributed by atoms with Crippen molar-refractivity contribution >= 4 is 44.2 Å². The lowest BCUT2D eigenvalue weighted by molar-refractivity contribution is 0.484. The zero-order valence-corrected chi connectivity index (χ0v) is 10.0. The lowest BCUT2D eigenvalue weighted by Crippen LogP contribution is -2.01. The molecule has 1 heterocycles. The molecule has 7 heteroatoms. The fraction of sp³-hybridized carbons (Fsp3) is 0. The van der Waals surface area contributed by atoms with Gasteiger partial charge in [-0.05, 0) is 18.2 Å². The normalized spacial score (nSPS) is 11.9. The van der Waals surface area contributed by atoms with E-state index >= 15 is 0 Å². The highest BCUT2D eigenvalue weighted by Gasteiger charge is 2.21. The number of nitrogens with zero attached hydrogens (tertiary/aromatic N) is 1. The van der Waals surface area contributed by atoms with E-state index in [0.717, 1.165) is 0 Å². The van der Waals surface area contributed by atoms with Gasteiger partial charge in [-0.1, -0.05) is 23.2 Å². The Morgan fingerprint density at radius 2 is 1.94 bits per heavy atom. The molecule has 1 N–H and O–H groups in total. The molecule has 0 aliphatic rings. The lowest BCUT2D eigenvalue weighted by Gasteiger charge is -2.06. The second-order valence-corrected chi connectivity index (χ2v) is 5.22. The van der Waals surface area contributed by atoms with Gasteiger partial charge in [0.1, 0.15) is 4.90 Å². The Balaban J connectivity index is 3.05. The summed E-state index contributed by atoms with van der Waals surface area (Å²) in [5.41, 5.74) is 0.0579. The summed E-state index contributed by atoms with van der Waals surface area (Å²) in [6.45, 7) is 0. The van der Waals surface area contributed by atoms with E-state index in [1.807, 2.05) is 0 Å². The number of benzene rings is 1. The van der Waals surface area contributed by atoms with Gasteiger partial charge in [-0.25, -0.2) is 0 Å². The number of halogens is 2. The molecule has 0 unspecified atom stereocenters. The highest BCUT2D eigenvalue weighted by molar-refractivity contribution is 7.86. The summed E-state index contributed by atoms with van der Waals surface area (Å²) in [6, 6.07) is 4.46. The lowest BCUT2D eigenvalue weighted by atomic mass is 10.2. The van der Waals surface area contributed by atoms with Crippen molar-refractivity contribution < 1.29 is 13.0 Å². The van der Waals surface area contributed by atoms with Gasteiger partial charge in [0, 0.05) is 11.6 Å². The Kier molecular flexibility index (Phi) is 2.79. The average Bonchev–Trinajstić information content (AvgIpc) is 2.15. The van der Waals surface area contributed by atoms with Crippen molar-refractivity contribution in [2.75, 3.05) is 0 Å². The first kappa shape index (κ1) is 11.6. The van der Waals surface area contributed by atoms with Crippen LogP contribution in [0.5, 0.6) is 0 Å². The maximum absolute atomic E-state index is 11.2. The molecule has 2 aromatic rings. The molecule has 0 bridgehead atoms. The number of pyridine rings is 1. The fourth-order valence-corrected chi connectivity index (χ4v) is 2.91. The van der Waals surface area contributed by atoms with Crippen molar-refractivity contribution in [2.24, 2.45) is 0 Å². The van der Waals surface area contributed by atoms with Crippen LogP contribution in [-0.2, 0) is 10.1 Å². The molecule has 0 fully saturated rings. The van der Waals surface area contributed by atoms with E-state index in [4.69, 9.17) is 27.8 Å². The van der Waals surface area contributed by atoms with Crippen molar-refractivity contribution in [3.05, 3.63) is 34.4 Å². The van der Waals surface area contributed by atoms with Crippen LogP contribution >= 0.6 is 23.2 Å². The van der Waals surface area contributed by atoms with Crippen LogP contribution in [0.2, 0.25) is 10.0 Å². The Hall–Kier alpha value is -0.880. The maximum Gasteiger partial charge on any atom is 0.298 e. The summed E-state index contributed by atoms with van der Waals surface area (Å²) in [7, 11) is -4.43. The molecular formula is C9H5Cl2NO3S. The van der Waals surface area contributed by atoms with Crippen LogP contribution in [0, 0.1) is 0 Å².